The standard InChI is InChI=1S/C15H17ClN4O2S/c1-9(2)7-13-19-20-15(23-13)18-12(21)8-17-14(22)10-5-3-4-6-11(10)16/h3-6,9H,7-8H2,1-2H3,(H,17,22)(H,18,20,21). The summed E-state index contributed by atoms with van der Waals surface area (Å²) in [6.45, 7) is 4.01. The number of benzene rings is 1. The molecule has 2 aromatic rings. The van der Waals surface area contributed by atoms with Crippen LogP contribution in [-0.2, 0) is 11.2 Å². The van der Waals surface area contributed by atoms with Gasteiger partial charge in [0.05, 0.1) is 17.1 Å². The first kappa shape index (κ1) is 17.4. The van der Waals surface area contributed by atoms with Gasteiger partial charge in [-0.1, -0.05) is 48.9 Å². The maximum Gasteiger partial charge on any atom is 0.253 e. The van der Waals surface area contributed by atoms with Crippen molar-refractivity contribution >= 4 is 39.9 Å². The number of nitrogens with zero attached hydrogens (tertiary/aromatic N) is 2. The largest absolute Gasteiger partial charge is 0.343 e. The number of halogens is 1. The fourth-order valence-corrected chi connectivity index (χ4v) is 2.99. The van der Waals surface area contributed by atoms with Gasteiger partial charge in [-0.15, -0.1) is 10.2 Å². The van der Waals surface area contributed by atoms with Crippen LogP contribution in [0.3, 0.4) is 0 Å². The number of hydrogen-bond acceptors (Lipinski definition) is 5. The monoisotopic (exact) mass is 352 g/mol. The van der Waals surface area contributed by atoms with E-state index in [-0.39, 0.29) is 12.5 Å². The van der Waals surface area contributed by atoms with E-state index in [4.69, 9.17) is 11.6 Å². The molecular formula is C15H17ClN4O2S. The van der Waals surface area contributed by atoms with Crippen molar-refractivity contribution < 1.29 is 9.59 Å². The van der Waals surface area contributed by atoms with Crippen LogP contribution in [0.5, 0.6) is 0 Å². The van der Waals surface area contributed by atoms with E-state index < -0.39 is 5.91 Å². The van der Waals surface area contributed by atoms with Gasteiger partial charge in [0.1, 0.15) is 5.01 Å². The van der Waals surface area contributed by atoms with E-state index >= 15 is 0 Å². The van der Waals surface area contributed by atoms with Crippen LogP contribution >= 0.6 is 22.9 Å². The molecule has 1 heterocycles. The fourth-order valence-electron chi connectivity index (χ4n) is 1.80. The Morgan fingerprint density at radius 2 is 2.00 bits per heavy atom. The Hall–Kier alpha value is -1.99. The number of nitrogens with one attached hydrogen (secondary N) is 2. The van der Waals surface area contributed by atoms with Gasteiger partial charge in [-0.25, -0.2) is 0 Å². The van der Waals surface area contributed by atoms with Crippen molar-refractivity contribution in [3.63, 3.8) is 0 Å². The molecule has 0 aliphatic heterocycles. The molecule has 0 aliphatic rings. The summed E-state index contributed by atoms with van der Waals surface area (Å²) in [6.07, 6.45) is 0.816. The molecule has 0 fully saturated rings. The van der Waals surface area contributed by atoms with Crippen molar-refractivity contribution in [2.75, 3.05) is 11.9 Å². The average molecular weight is 353 g/mol. The Bertz CT molecular complexity index is 702. The number of anilines is 1. The minimum atomic E-state index is -0.400. The molecule has 0 bridgehead atoms. The average Bonchev–Trinajstić information content (AvgIpc) is 2.91. The maximum absolute atomic E-state index is 11.9. The third-order valence-corrected chi connectivity index (χ3v) is 4.01. The molecule has 8 heteroatoms. The van der Waals surface area contributed by atoms with Gasteiger partial charge in [-0.3, -0.25) is 14.9 Å². The van der Waals surface area contributed by atoms with Crippen LogP contribution in [0.4, 0.5) is 5.13 Å². The Morgan fingerprint density at radius 1 is 1.26 bits per heavy atom. The zero-order valence-corrected chi connectivity index (χ0v) is 14.4. The van der Waals surface area contributed by atoms with Gasteiger partial charge in [0.15, 0.2) is 0 Å². The first-order valence-corrected chi connectivity index (χ1v) is 8.30. The SMILES string of the molecule is CC(C)Cc1nnc(NC(=O)CNC(=O)c2ccccc2Cl)s1. The van der Waals surface area contributed by atoms with Crippen molar-refractivity contribution in [2.24, 2.45) is 5.92 Å². The van der Waals surface area contributed by atoms with Gasteiger partial charge in [0.25, 0.3) is 5.91 Å². The summed E-state index contributed by atoms with van der Waals surface area (Å²) in [5, 5.41) is 14.7. The minimum Gasteiger partial charge on any atom is -0.343 e. The lowest BCUT2D eigenvalue weighted by molar-refractivity contribution is -0.115. The number of rotatable bonds is 6. The van der Waals surface area contributed by atoms with Crippen molar-refractivity contribution in [1.29, 1.82) is 0 Å². The minimum absolute atomic E-state index is 0.164. The second kappa shape index (κ2) is 8.03. The van der Waals surface area contributed by atoms with Crippen LogP contribution in [0.2, 0.25) is 5.02 Å². The second-order valence-corrected chi connectivity index (χ2v) is 6.78. The molecule has 0 saturated heterocycles. The zero-order chi connectivity index (χ0) is 16.8. The Morgan fingerprint density at radius 3 is 2.70 bits per heavy atom. The molecule has 0 unspecified atom stereocenters. The van der Waals surface area contributed by atoms with Crippen molar-refractivity contribution in [1.82, 2.24) is 15.5 Å². The van der Waals surface area contributed by atoms with Crippen molar-refractivity contribution in [2.45, 2.75) is 20.3 Å². The summed E-state index contributed by atoms with van der Waals surface area (Å²) in [6, 6.07) is 6.65. The van der Waals surface area contributed by atoms with Crippen LogP contribution in [0.15, 0.2) is 24.3 Å². The van der Waals surface area contributed by atoms with Crippen LogP contribution < -0.4 is 10.6 Å². The molecule has 6 nitrogen and oxygen atoms in total. The molecule has 122 valence electrons. The van der Waals surface area contributed by atoms with E-state index in [2.05, 4.69) is 34.7 Å². The van der Waals surface area contributed by atoms with Crippen LogP contribution in [0.1, 0.15) is 29.2 Å². The third-order valence-electron chi connectivity index (χ3n) is 2.82. The highest BCUT2D eigenvalue weighted by molar-refractivity contribution is 7.15. The van der Waals surface area contributed by atoms with Gasteiger partial charge in [0.2, 0.25) is 11.0 Å². The normalized spacial score (nSPS) is 10.6. The van der Waals surface area contributed by atoms with E-state index in [0.717, 1.165) is 11.4 Å². The van der Waals surface area contributed by atoms with E-state index in [0.29, 0.717) is 21.6 Å². The lowest BCUT2D eigenvalue weighted by atomic mass is 10.1. The molecule has 23 heavy (non-hydrogen) atoms. The summed E-state index contributed by atoms with van der Waals surface area (Å²) < 4.78 is 0. The predicted octanol–water partition coefficient (Wildman–Crippen LogP) is 2.76. The Labute approximate surface area is 143 Å². The van der Waals surface area contributed by atoms with Crippen LogP contribution in [0.25, 0.3) is 0 Å². The highest BCUT2D eigenvalue weighted by Gasteiger charge is 2.13. The van der Waals surface area contributed by atoms with Gasteiger partial charge < -0.3 is 5.32 Å². The summed E-state index contributed by atoms with van der Waals surface area (Å²) in [5.74, 6) is -0.289. The highest BCUT2D eigenvalue weighted by Crippen LogP contribution is 2.18. The lowest BCUT2D eigenvalue weighted by Crippen LogP contribution is -2.32. The highest BCUT2D eigenvalue weighted by atomic mass is 35.5. The summed E-state index contributed by atoms with van der Waals surface area (Å²) in [7, 11) is 0. The number of amides is 2. The molecule has 1 aromatic heterocycles. The van der Waals surface area contributed by atoms with Crippen LogP contribution in [0, 0.1) is 5.92 Å². The summed E-state index contributed by atoms with van der Waals surface area (Å²) in [4.78, 5) is 23.8. The topological polar surface area (TPSA) is 84.0 Å². The molecule has 2 amide bonds. The first-order valence-electron chi connectivity index (χ1n) is 7.10. The molecule has 2 N–H and O–H groups in total. The Balaban J connectivity index is 1.84. The summed E-state index contributed by atoms with van der Waals surface area (Å²) in [5.41, 5.74) is 0.331. The van der Waals surface area contributed by atoms with E-state index in [1.807, 2.05) is 0 Å². The van der Waals surface area contributed by atoms with E-state index in [1.54, 1.807) is 24.3 Å². The quantitative estimate of drug-likeness (QED) is 0.837. The number of aromatic nitrogens is 2. The first-order chi connectivity index (χ1) is 11.0. The lowest BCUT2D eigenvalue weighted by Gasteiger charge is -2.06. The van der Waals surface area contributed by atoms with Gasteiger partial charge in [0, 0.05) is 6.42 Å². The van der Waals surface area contributed by atoms with E-state index in [9.17, 15) is 9.59 Å². The van der Waals surface area contributed by atoms with Gasteiger partial charge in [-0.2, -0.15) is 0 Å². The van der Waals surface area contributed by atoms with Crippen LogP contribution in [-0.4, -0.2) is 28.6 Å². The van der Waals surface area contributed by atoms with Crippen molar-refractivity contribution in [3.05, 3.63) is 39.9 Å². The smallest absolute Gasteiger partial charge is 0.253 e. The fraction of sp³-hybridized carbons (Fsp3) is 0.333. The molecule has 0 spiro atoms. The Kier molecular flexibility index (Phi) is 6.06. The van der Waals surface area contributed by atoms with Crippen molar-refractivity contribution in [3.8, 4) is 0 Å². The molecule has 1 aromatic carbocycles. The second-order valence-electron chi connectivity index (χ2n) is 5.31. The molecule has 0 radical (unpaired) electrons. The van der Waals surface area contributed by atoms with E-state index in [1.165, 1.54) is 11.3 Å². The molecule has 0 atom stereocenters. The number of carbonyl (C=O) groups is 2. The predicted molar refractivity (Wildman–Crippen MR) is 90.9 cm³/mol. The van der Waals surface area contributed by atoms with Gasteiger partial charge >= 0.3 is 0 Å². The maximum atomic E-state index is 11.9. The molecule has 2 rings (SSSR count). The molecule has 0 aliphatic carbocycles. The molecule has 0 saturated carbocycles. The zero-order valence-electron chi connectivity index (χ0n) is 12.8. The third kappa shape index (κ3) is 5.30. The number of hydrogen-bond donors (Lipinski definition) is 2. The number of carbonyl (C=O) groups excluding carboxylic acids is 2. The summed E-state index contributed by atoms with van der Waals surface area (Å²) >= 11 is 7.27. The van der Waals surface area contributed by atoms with Gasteiger partial charge in [-0.05, 0) is 18.1 Å². The molecular weight excluding hydrogens is 336 g/mol.